The fraction of sp³-hybridized carbons (Fsp3) is 0.280. The highest BCUT2D eigenvalue weighted by Crippen LogP contribution is 2.27. The zero-order chi connectivity index (χ0) is 24.1. The molecule has 0 radical (unpaired) electrons. The number of amides is 2. The highest BCUT2D eigenvalue weighted by Gasteiger charge is 2.34. The molecule has 4 rings (SSSR count). The first-order chi connectivity index (χ1) is 16.5. The molecule has 0 unspecified atom stereocenters. The van der Waals surface area contributed by atoms with Gasteiger partial charge in [0.1, 0.15) is 29.6 Å². The van der Waals surface area contributed by atoms with Crippen molar-refractivity contribution in [3.05, 3.63) is 78.3 Å². The second kappa shape index (κ2) is 10.2. The van der Waals surface area contributed by atoms with Gasteiger partial charge >= 0.3 is 0 Å². The summed E-state index contributed by atoms with van der Waals surface area (Å²) in [5.41, 5.74) is 2.09. The van der Waals surface area contributed by atoms with Gasteiger partial charge in [0.25, 0.3) is 0 Å². The van der Waals surface area contributed by atoms with E-state index in [2.05, 4.69) is 15.6 Å². The number of rotatable bonds is 9. The number of hydrogen-bond acceptors (Lipinski definition) is 6. The van der Waals surface area contributed by atoms with Gasteiger partial charge in [0, 0.05) is 6.04 Å². The average Bonchev–Trinajstić information content (AvgIpc) is 3.51. The molecule has 0 aliphatic rings. The van der Waals surface area contributed by atoms with Crippen molar-refractivity contribution in [3.63, 3.8) is 0 Å². The molecule has 34 heavy (non-hydrogen) atoms. The highest BCUT2D eigenvalue weighted by molar-refractivity contribution is 5.89. The maximum absolute atomic E-state index is 13.6. The highest BCUT2D eigenvalue weighted by atomic mass is 16.5. The molecule has 2 amide bonds. The number of furan rings is 1. The molecule has 0 bridgehead atoms. The van der Waals surface area contributed by atoms with Gasteiger partial charge in [-0.15, -0.1) is 5.10 Å². The van der Waals surface area contributed by atoms with Gasteiger partial charge in [-0.3, -0.25) is 9.59 Å². The van der Waals surface area contributed by atoms with Crippen molar-refractivity contribution in [2.75, 3.05) is 7.11 Å². The molecule has 0 saturated heterocycles. The van der Waals surface area contributed by atoms with E-state index in [0.29, 0.717) is 22.6 Å². The summed E-state index contributed by atoms with van der Waals surface area (Å²) in [7, 11) is 1.56. The van der Waals surface area contributed by atoms with Crippen LogP contribution in [0.2, 0.25) is 0 Å². The third-order valence-corrected chi connectivity index (χ3v) is 5.50. The van der Waals surface area contributed by atoms with Gasteiger partial charge in [0.15, 0.2) is 0 Å². The molecule has 176 valence electrons. The number of nitrogens with zero attached hydrogens (tertiary/aromatic N) is 4. The fourth-order valence-electron chi connectivity index (χ4n) is 3.91. The van der Waals surface area contributed by atoms with Crippen molar-refractivity contribution in [1.82, 2.24) is 25.2 Å². The van der Waals surface area contributed by atoms with Crippen LogP contribution in [0.15, 0.2) is 71.3 Å². The normalized spacial score (nSPS) is 12.0. The summed E-state index contributed by atoms with van der Waals surface area (Å²) in [6.07, 6.45) is 1.55. The zero-order valence-electron chi connectivity index (χ0n) is 19.3. The number of methoxy groups -OCH3 is 1. The van der Waals surface area contributed by atoms with Crippen LogP contribution in [0.3, 0.4) is 0 Å². The molecule has 0 aliphatic carbocycles. The Labute approximate surface area is 197 Å². The summed E-state index contributed by atoms with van der Waals surface area (Å²) in [4.78, 5) is 28.7. The molecule has 0 saturated carbocycles. The van der Waals surface area contributed by atoms with Gasteiger partial charge in [0.05, 0.1) is 25.4 Å². The van der Waals surface area contributed by atoms with Gasteiger partial charge in [-0.05, 0) is 55.8 Å². The Morgan fingerprint density at radius 2 is 1.94 bits per heavy atom. The Balaban J connectivity index is 1.66. The van der Waals surface area contributed by atoms with E-state index in [1.165, 1.54) is 0 Å². The molecule has 0 spiro atoms. The van der Waals surface area contributed by atoms with E-state index in [4.69, 9.17) is 9.15 Å². The number of para-hydroxylation sites is 1. The lowest BCUT2D eigenvalue weighted by Crippen LogP contribution is -2.48. The Kier molecular flexibility index (Phi) is 6.91. The molecule has 1 atom stereocenters. The van der Waals surface area contributed by atoms with E-state index in [1.807, 2.05) is 44.2 Å². The summed E-state index contributed by atoms with van der Waals surface area (Å²) in [6, 6.07) is 17.0. The topological polar surface area (TPSA) is 102 Å². The van der Waals surface area contributed by atoms with Crippen LogP contribution < -0.4 is 10.1 Å². The molecule has 9 nitrogen and oxygen atoms in total. The predicted octanol–water partition coefficient (Wildman–Crippen LogP) is 3.33. The molecule has 0 aliphatic heterocycles. The third kappa shape index (κ3) is 4.93. The number of aromatic nitrogens is 3. The van der Waals surface area contributed by atoms with Gasteiger partial charge in [0.2, 0.25) is 11.8 Å². The van der Waals surface area contributed by atoms with E-state index in [9.17, 15) is 9.59 Å². The quantitative estimate of drug-likeness (QED) is 0.410. The van der Waals surface area contributed by atoms with Crippen LogP contribution in [-0.4, -0.2) is 44.9 Å². The monoisotopic (exact) mass is 461 g/mol. The maximum Gasteiger partial charge on any atom is 0.247 e. The van der Waals surface area contributed by atoms with Crippen molar-refractivity contribution in [2.45, 2.75) is 39.0 Å². The molecule has 2 aromatic heterocycles. The third-order valence-electron chi connectivity index (χ3n) is 5.50. The average molecular weight is 462 g/mol. The second-order valence-corrected chi connectivity index (χ2v) is 8.11. The Morgan fingerprint density at radius 1 is 1.12 bits per heavy atom. The summed E-state index contributed by atoms with van der Waals surface area (Å²) in [5.74, 6) is 0.635. The van der Waals surface area contributed by atoms with Crippen molar-refractivity contribution in [1.29, 1.82) is 0 Å². The van der Waals surface area contributed by atoms with Crippen LogP contribution in [0.25, 0.3) is 11.0 Å². The lowest BCUT2D eigenvalue weighted by molar-refractivity contribution is -0.143. The van der Waals surface area contributed by atoms with Crippen molar-refractivity contribution in [2.24, 2.45) is 0 Å². The zero-order valence-corrected chi connectivity index (χ0v) is 19.3. The van der Waals surface area contributed by atoms with Crippen molar-refractivity contribution in [3.8, 4) is 5.75 Å². The molecular formula is C25H27N5O4. The van der Waals surface area contributed by atoms with Crippen LogP contribution in [0.1, 0.15) is 31.2 Å². The van der Waals surface area contributed by atoms with E-state index in [-0.39, 0.29) is 30.9 Å². The van der Waals surface area contributed by atoms with Crippen molar-refractivity contribution < 1.29 is 18.7 Å². The lowest BCUT2D eigenvalue weighted by Gasteiger charge is -2.34. The number of fused-ring (bicyclic) bond motifs is 1. The van der Waals surface area contributed by atoms with Crippen LogP contribution >= 0.6 is 0 Å². The fourth-order valence-corrected chi connectivity index (χ4v) is 3.91. The molecule has 4 aromatic rings. The van der Waals surface area contributed by atoms with Crippen molar-refractivity contribution >= 4 is 22.8 Å². The van der Waals surface area contributed by atoms with E-state index in [0.717, 1.165) is 5.52 Å². The number of nitrogens with one attached hydrogen (secondary N) is 1. The first kappa shape index (κ1) is 23.0. The predicted molar refractivity (Wildman–Crippen MR) is 126 cm³/mol. The van der Waals surface area contributed by atoms with Gasteiger partial charge in [-0.2, -0.15) is 0 Å². The molecule has 2 heterocycles. The molecule has 9 heteroatoms. The number of hydrogen-bond donors (Lipinski definition) is 1. The van der Waals surface area contributed by atoms with E-state index >= 15 is 0 Å². The Bertz CT molecular complexity index is 1270. The van der Waals surface area contributed by atoms with E-state index < -0.39 is 6.04 Å². The van der Waals surface area contributed by atoms with Crippen LogP contribution in [0.5, 0.6) is 5.75 Å². The van der Waals surface area contributed by atoms with Gasteiger partial charge < -0.3 is 19.4 Å². The van der Waals surface area contributed by atoms with E-state index in [1.54, 1.807) is 53.3 Å². The molecule has 1 N–H and O–H groups in total. The molecular weight excluding hydrogens is 434 g/mol. The SMILES string of the molecule is COc1cccc([C@@H](C(=O)NCc2ccco2)N(C(=O)Cn2nnc3ccccc32)C(C)C)c1. The summed E-state index contributed by atoms with van der Waals surface area (Å²) in [6.45, 7) is 3.92. The first-order valence-corrected chi connectivity index (χ1v) is 11.0. The minimum absolute atomic E-state index is 0.0510. The molecule has 2 aromatic carbocycles. The first-order valence-electron chi connectivity index (χ1n) is 11.0. The Morgan fingerprint density at radius 3 is 2.68 bits per heavy atom. The van der Waals surface area contributed by atoms with Crippen LogP contribution in [0, 0.1) is 0 Å². The summed E-state index contributed by atoms with van der Waals surface area (Å²) < 4.78 is 12.3. The van der Waals surface area contributed by atoms with Crippen LogP contribution in [0.4, 0.5) is 0 Å². The second-order valence-electron chi connectivity index (χ2n) is 8.11. The largest absolute Gasteiger partial charge is 0.497 e. The van der Waals surface area contributed by atoms with Gasteiger partial charge in [-0.25, -0.2) is 4.68 Å². The maximum atomic E-state index is 13.6. The minimum Gasteiger partial charge on any atom is -0.497 e. The lowest BCUT2D eigenvalue weighted by atomic mass is 10.0. The number of benzene rings is 2. The number of ether oxygens (including phenoxy) is 1. The Hall–Kier alpha value is -4.14. The van der Waals surface area contributed by atoms with Crippen LogP contribution in [-0.2, 0) is 22.7 Å². The summed E-state index contributed by atoms with van der Waals surface area (Å²) in [5, 5.41) is 11.2. The summed E-state index contributed by atoms with van der Waals surface area (Å²) >= 11 is 0. The van der Waals surface area contributed by atoms with Gasteiger partial charge in [-0.1, -0.05) is 29.5 Å². The smallest absolute Gasteiger partial charge is 0.247 e. The number of carbonyl (C=O) groups excluding carboxylic acids is 2. The minimum atomic E-state index is -0.882. The standard InChI is InChI=1S/C25H27N5O4/c1-17(2)30(23(31)16-29-22-12-5-4-11-21(22)27-28-29)24(18-8-6-9-19(14-18)33-3)25(32)26-15-20-10-7-13-34-20/h4-14,17,24H,15-16H2,1-3H3,(H,26,32)/t24-/m0/s1. The number of carbonyl (C=O) groups is 2. The molecule has 0 fully saturated rings.